The second kappa shape index (κ2) is 9.88. The molecule has 0 saturated heterocycles. The Morgan fingerprint density at radius 1 is 1.03 bits per heavy atom. The van der Waals surface area contributed by atoms with Crippen molar-refractivity contribution in [3.05, 3.63) is 77.9 Å². The zero-order valence-corrected chi connectivity index (χ0v) is 19.9. The first kappa shape index (κ1) is 22.6. The highest BCUT2D eigenvalue weighted by atomic mass is 32.1. The number of ether oxygens (including phenoxy) is 2. The molecular weight excluding hydrogens is 432 g/mol. The van der Waals surface area contributed by atoms with Crippen molar-refractivity contribution in [2.24, 2.45) is 0 Å². The molecule has 0 fully saturated rings. The summed E-state index contributed by atoms with van der Waals surface area (Å²) < 4.78 is 12.3. The van der Waals surface area contributed by atoms with Crippen molar-refractivity contribution in [1.82, 2.24) is 4.98 Å². The van der Waals surface area contributed by atoms with Gasteiger partial charge in [0.1, 0.15) is 5.01 Å². The number of aromatic nitrogens is 1. The Hall–Kier alpha value is -3.64. The fraction of sp³-hybridized carbons (Fsp3) is 0.185. The van der Waals surface area contributed by atoms with Gasteiger partial charge < -0.3 is 14.8 Å². The summed E-state index contributed by atoms with van der Waals surface area (Å²) in [6.45, 7) is 6.01. The standard InChI is InChI=1S/C27H26N2O3S/c1-17(2)32-23-13-6-19(16-24(23)31-4)7-14-26(30)28-21-10-8-20(9-11-21)27-29-22-12-5-18(3)15-25(22)33-27/h5-17H,1-4H3,(H,28,30)/b14-7+. The van der Waals surface area contributed by atoms with Crippen molar-refractivity contribution in [1.29, 1.82) is 0 Å². The van der Waals surface area contributed by atoms with Crippen molar-refractivity contribution in [2.45, 2.75) is 26.9 Å². The van der Waals surface area contributed by atoms with Gasteiger partial charge in [-0.1, -0.05) is 12.1 Å². The minimum absolute atomic E-state index is 0.0521. The summed E-state index contributed by atoms with van der Waals surface area (Å²) in [7, 11) is 1.60. The zero-order chi connectivity index (χ0) is 23.4. The number of hydrogen-bond donors (Lipinski definition) is 1. The first-order valence-electron chi connectivity index (χ1n) is 10.7. The van der Waals surface area contributed by atoms with Gasteiger partial charge in [0, 0.05) is 17.3 Å². The Kier molecular flexibility index (Phi) is 6.75. The van der Waals surface area contributed by atoms with Gasteiger partial charge in [0.15, 0.2) is 11.5 Å². The van der Waals surface area contributed by atoms with E-state index in [0.717, 1.165) is 27.3 Å². The fourth-order valence-electron chi connectivity index (χ4n) is 3.35. The van der Waals surface area contributed by atoms with Crippen LogP contribution in [0.3, 0.4) is 0 Å². The number of benzene rings is 3. The number of aryl methyl sites for hydroxylation is 1. The molecule has 0 aliphatic rings. The SMILES string of the molecule is COc1cc(/C=C/C(=O)Nc2ccc(-c3nc4ccc(C)cc4s3)cc2)ccc1OC(C)C. The number of rotatable bonds is 7. The molecule has 168 valence electrons. The molecule has 1 amide bonds. The van der Waals surface area contributed by atoms with Gasteiger partial charge in [0.25, 0.3) is 0 Å². The van der Waals surface area contributed by atoms with Crippen molar-refractivity contribution in [2.75, 3.05) is 12.4 Å². The van der Waals surface area contributed by atoms with Gasteiger partial charge in [-0.2, -0.15) is 0 Å². The molecule has 0 aliphatic carbocycles. The number of hydrogen-bond acceptors (Lipinski definition) is 5. The van der Waals surface area contributed by atoms with Crippen LogP contribution in [-0.4, -0.2) is 24.1 Å². The largest absolute Gasteiger partial charge is 0.493 e. The summed E-state index contributed by atoms with van der Waals surface area (Å²) in [5.41, 5.74) is 4.83. The third-order valence-electron chi connectivity index (χ3n) is 4.92. The Balaban J connectivity index is 1.41. The molecular formula is C27H26N2O3S. The molecule has 4 rings (SSSR count). The quantitative estimate of drug-likeness (QED) is 0.312. The molecule has 6 heteroatoms. The van der Waals surface area contributed by atoms with Gasteiger partial charge in [-0.25, -0.2) is 4.98 Å². The minimum Gasteiger partial charge on any atom is -0.493 e. The van der Waals surface area contributed by atoms with Crippen LogP contribution in [-0.2, 0) is 4.79 Å². The number of thiazole rings is 1. The normalized spacial score (nSPS) is 11.3. The highest BCUT2D eigenvalue weighted by Crippen LogP contribution is 2.31. The number of carbonyl (C=O) groups excluding carboxylic acids is 1. The lowest BCUT2D eigenvalue weighted by atomic mass is 10.2. The molecule has 33 heavy (non-hydrogen) atoms. The van der Waals surface area contributed by atoms with Crippen LogP contribution >= 0.6 is 11.3 Å². The van der Waals surface area contributed by atoms with E-state index in [0.29, 0.717) is 11.5 Å². The first-order valence-corrected chi connectivity index (χ1v) is 11.5. The molecule has 0 bridgehead atoms. The predicted octanol–water partition coefficient (Wildman–Crippen LogP) is 6.72. The molecule has 4 aromatic rings. The monoisotopic (exact) mass is 458 g/mol. The molecule has 5 nitrogen and oxygen atoms in total. The average molecular weight is 459 g/mol. The van der Waals surface area contributed by atoms with E-state index in [9.17, 15) is 4.79 Å². The summed E-state index contributed by atoms with van der Waals surface area (Å²) >= 11 is 1.67. The number of fused-ring (bicyclic) bond motifs is 1. The van der Waals surface area contributed by atoms with E-state index in [2.05, 4.69) is 24.4 Å². The van der Waals surface area contributed by atoms with E-state index < -0.39 is 0 Å². The van der Waals surface area contributed by atoms with E-state index in [1.165, 1.54) is 16.3 Å². The summed E-state index contributed by atoms with van der Waals surface area (Å²) in [5.74, 6) is 1.10. The van der Waals surface area contributed by atoms with Crippen LogP contribution in [0.4, 0.5) is 5.69 Å². The van der Waals surface area contributed by atoms with Gasteiger partial charge in [-0.05, 0) is 86.5 Å². The van der Waals surface area contributed by atoms with E-state index in [4.69, 9.17) is 14.5 Å². The maximum atomic E-state index is 12.4. The van der Waals surface area contributed by atoms with Crippen LogP contribution in [0.2, 0.25) is 0 Å². The molecule has 0 saturated carbocycles. The number of anilines is 1. The third-order valence-corrected chi connectivity index (χ3v) is 5.99. The lowest BCUT2D eigenvalue weighted by Crippen LogP contribution is -2.07. The van der Waals surface area contributed by atoms with Crippen LogP contribution in [0, 0.1) is 6.92 Å². The molecule has 1 heterocycles. The third kappa shape index (κ3) is 5.59. The first-order chi connectivity index (χ1) is 15.9. The van der Waals surface area contributed by atoms with Crippen LogP contribution in [0.15, 0.2) is 66.7 Å². The highest BCUT2D eigenvalue weighted by Gasteiger charge is 2.08. The topological polar surface area (TPSA) is 60.5 Å². The summed E-state index contributed by atoms with van der Waals surface area (Å²) in [6.07, 6.45) is 3.30. The molecule has 3 aromatic carbocycles. The summed E-state index contributed by atoms with van der Waals surface area (Å²) in [4.78, 5) is 17.1. The second-order valence-electron chi connectivity index (χ2n) is 7.97. The lowest BCUT2D eigenvalue weighted by molar-refractivity contribution is -0.111. The van der Waals surface area contributed by atoms with Crippen LogP contribution in [0.1, 0.15) is 25.0 Å². The van der Waals surface area contributed by atoms with Crippen LogP contribution in [0.5, 0.6) is 11.5 Å². The van der Waals surface area contributed by atoms with Crippen molar-refractivity contribution >= 4 is 39.2 Å². The number of nitrogens with one attached hydrogen (secondary N) is 1. The fourth-order valence-corrected chi connectivity index (χ4v) is 4.42. The van der Waals surface area contributed by atoms with Gasteiger partial charge >= 0.3 is 0 Å². The van der Waals surface area contributed by atoms with Gasteiger partial charge in [-0.15, -0.1) is 11.3 Å². The maximum Gasteiger partial charge on any atom is 0.248 e. The highest BCUT2D eigenvalue weighted by molar-refractivity contribution is 7.21. The molecule has 0 spiro atoms. The van der Waals surface area contributed by atoms with Gasteiger partial charge in [0.05, 0.1) is 23.4 Å². The van der Waals surface area contributed by atoms with Crippen molar-refractivity contribution < 1.29 is 14.3 Å². The summed E-state index contributed by atoms with van der Waals surface area (Å²) in [6, 6.07) is 19.6. The maximum absolute atomic E-state index is 12.4. The second-order valence-corrected chi connectivity index (χ2v) is 9.00. The molecule has 0 aliphatic heterocycles. The lowest BCUT2D eigenvalue weighted by Gasteiger charge is -2.13. The van der Waals surface area contributed by atoms with E-state index in [1.807, 2.05) is 62.4 Å². The van der Waals surface area contributed by atoms with Crippen LogP contribution < -0.4 is 14.8 Å². The smallest absolute Gasteiger partial charge is 0.248 e. The molecule has 1 aromatic heterocycles. The number of amides is 1. The van der Waals surface area contributed by atoms with E-state index >= 15 is 0 Å². The van der Waals surface area contributed by atoms with E-state index in [-0.39, 0.29) is 12.0 Å². The molecule has 0 unspecified atom stereocenters. The van der Waals surface area contributed by atoms with E-state index in [1.54, 1.807) is 24.5 Å². The Morgan fingerprint density at radius 2 is 1.82 bits per heavy atom. The zero-order valence-electron chi connectivity index (χ0n) is 19.1. The molecule has 1 N–H and O–H groups in total. The number of methoxy groups -OCH3 is 1. The van der Waals surface area contributed by atoms with Crippen molar-refractivity contribution in [3.63, 3.8) is 0 Å². The molecule has 0 radical (unpaired) electrons. The molecule has 0 atom stereocenters. The summed E-state index contributed by atoms with van der Waals surface area (Å²) in [5, 5.41) is 3.86. The number of nitrogens with zero attached hydrogens (tertiary/aromatic N) is 1. The minimum atomic E-state index is -0.209. The average Bonchev–Trinajstić information content (AvgIpc) is 3.21. The Morgan fingerprint density at radius 3 is 2.55 bits per heavy atom. The van der Waals surface area contributed by atoms with Crippen LogP contribution in [0.25, 0.3) is 26.9 Å². The Bertz CT molecular complexity index is 1310. The van der Waals surface area contributed by atoms with Gasteiger partial charge in [0.2, 0.25) is 5.91 Å². The Labute approximate surface area is 197 Å². The number of carbonyl (C=O) groups is 1. The van der Waals surface area contributed by atoms with Gasteiger partial charge in [-0.3, -0.25) is 4.79 Å². The predicted molar refractivity (Wildman–Crippen MR) is 136 cm³/mol. The van der Waals surface area contributed by atoms with Crippen molar-refractivity contribution in [3.8, 4) is 22.1 Å².